The molecule has 13 nitrogen and oxygen atoms in total. The summed E-state index contributed by atoms with van der Waals surface area (Å²) in [7, 11) is -5.77. The molecule has 0 amide bonds. The lowest BCUT2D eigenvalue weighted by atomic mass is 9.47. The molecule has 6 unspecified atom stereocenters. The van der Waals surface area contributed by atoms with Gasteiger partial charge >= 0.3 is 33.3 Å². The fraction of sp³-hybridized carbons (Fsp3) is 0.900. The third-order valence-corrected chi connectivity index (χ3v) is 17.7. The molecule has 56 heavy (non-hydrogen) atoms. The van der Waals surface area contributed by atoms with Gasteiger partial charge in [-0.2, -0.15) is 17.2 Å². The SMILES string of the molecule is O=C1C2CC3CC1CC(C(=O)OCC1(COC(=O)C45CC6CC(C4)C(O)C(C6)C5)COC4(OC1)C1CC5CC4CC(C(=O)OCC(F)(F)S(=O)(=O)O)(C5)C1)(C3)C2. The summed E-state index contributed by atoms with van der Waals surface area (Å²) in [5.74, 6) is -2.33. The van der Waals surface area contributed by atoms with Gasteiger partial charge in [-0.15, -0.1) is 0 Å². The quantitative estimate of drug-likeness (QED) is 0.181. The summed E-state index contributed by atoms with van der Waals surface area (Å²) in [5, 5.41) is 6.19. The Labute approximate surface area is 324 Å². The summed E-state index contributed by atoms with van der Waals surface area (Å²) in [6, 6.07) is 0. The molecule has 2 N–H and O–H groups in total. The minimum absolute atomic E-state index is 0.0300. The maximum absolute atomic E-state index is 14.1. The second kappa shape index (κ2) is 12.4. The fourth-order valence-electron chi connectivity index (χ4n) is 14.8. The van der Waals surface area contributed by atoms with Gasteiger partial charge in [-0.05, 0) is 126 Å². The highest BCUT2D eigenvalue weighted by Crippen LogP contribution is 2.67. The van der Waals surface area contributed by atoms with Gasteiger partial charge in [-0.25, -0.2) is 0 Å². The number of aliphatic hydroxyl groups is 1. The molecule has 0 aromatic carbocycles. The highest BCUT2D eigenvalue weighted by Gasteiger charge is 2.69. The van der Waals surface area contributed by atoms with Crippen LogP contribution in [0.2, 0.25) is 0 Å². The highest BCUT2D eigenvalue weighted by molar-refractivity contribution is 7.86. The molecule has 12 aliphatic carbocycles. The summed E-state index contributed by atoms with van der Waals surface area (Å²) >= 11 is 0. The topological polar surface area (TPSA) is 189 Å². The van der Waals surface area contributed by atoms with E-state index in [1.807, 2.05) is 0 Å². The molecule has 0 aromatic heterocycles. The van der Waals surface area contributed by atoms with Crippen LogP contribution in [0.15, 0.2) is 0 Å². The van der Waals surface area contributed by atoms with Gasteiger partial charge in [0.2, 0.25) is 0 Å². The monoisotopic (exact) mass is 810 g/mol. The van der Waals surface area contributed by atoms with E-state index >= 15 is 0 Å². The van der Waals surface area contributed by atoms with Crippen molar-refractivity contribution in [2.24, 2.45) is 74.9 Å². The zero-order valence-corrected chi connectivity index (χ0v) is 32.3. The van der Waals surface area contributed by atoms with Crippen molar-refractivity contribution in [3.05, 3.63) is 0 Å². The van der Waals surface area contributed by atoms with E-state index in [-0.39, 0.29) is 98.4 Å². The molecular formula is C40H52F2O13S. The van der Waals surface area contributed by atoms with E-state index in [2.05, 4.69) is 0 Å². The molecule has 310 valence electrons. The predicted molar refractivity (Wildman–Crippen MR) is 185 cm³/mol. The number of ether oxygens (including phenoxy) is 5. The lowest BCUT2D eigenvalue weighted by molar-refractivity contribution is -0.391. The number of hydrogen-bond acceptors (Lipinski definition) is 12. The van der Waals surface area contributed by atoms with Crippen LogP contribution in [0.1, 0.15) is 96.3 Å². The number of ketones is 1. The van der Waals surface area contributed by atoms with Crippen molar-refractivity contribution < 1.29 is 69.7 Å². The normalized spacial score (nSPS) is 49.4. The summed E-state index contributed by atoms with van der Waals surface area (Å²) < 4.78 is 90.1. The Morgan fingerprint density at radius 1 is 0.679 bits per heavy atom. The Morgan fingerprint density at radius 2 is 1.12 bits per heavy atom. The van der Waals surface area contributed by atoms with Crippen LogP contribution in [0.5, 0.6) is 0 Å². The van der Waals surface area contributed by atoms with Gasteiger partial charge in [0.1, 0.15) is 19.0 Å². The van der Waals surface area contributed by atoms with Gasteiger partial charge < -0.3 is 28.8 Å². The number of rotatable bonds is 10. The number of esters is 3. The molecule has 12 bridgehead atoms. The largest absolute Gasteiger partial charge is 0.464 e. The number of carbonyl (C=O) groups is 4. The van der Waals surface area contributed by atoms with Crippen LogP contribution in [0.4, 0.5) is 8.78 Å². The van der Waals surface area contributed by atoms with E-state index < -0.39 is 61.5 Å². The molecule has 13 aliphatic rings. The van der Waals surface area contributed by atoms with Crippen LogP contribution in [0.3, 0.4) is 0 Å². The summed E-state index contributed by atoms with van der Waals surface area (Å²) in [4.78, 5) is 54.4. The molecule has 1 aliphatic heterocycles. The Balaban J connectivity index is 0.859. The molecule has 13 fully saturated rings. The van der Waals surface area contributed by atoms with Crippen LogP contribution in [-0.2, 0) is 53.0 Å². The number of aliphatic hydroxyl groups excluding tert-OH is 1. The molecule has 1 spiro atoms. The first-order valence-electron chi connectivity index (χ1n) is 20.7. The molecule has 1 saturated heterocycles. The van der Waals surface area contributed by atoms with Crippen LogP contribution in [-0.4, -0.2) is 91.9 Å². The third kappa shape index (κ3) is 5.63. The zero-order chi connectivity index (χ0) is 39.3. The van der Waals surface area contributed by atoms with Crippen molar-refractivity contribution in [2.75, 3.05) is 33.0 Å². The Kier molecular flexibility index (Phi) is 8.40. The van der Waals surface area contributed by atoms with Gasteiger partial charge in [0, 0.05) is 23.7 Å². The van der Waals surface area contributed by atoms with Crippen molar-refractivity contribution in [1.82, 2.24) is 0 Å². The van der Waals surface area contributed by atoms with E-state index in [0.29, 0.717) is 63.2 Å². The maximum atomic E-state index is 14.1. The number of alkyl halides is 2. The number of Topliss-reactive ketones (excluding diaryl/α,β-unsaturated/α-hetero) is 1. The fourth-order valence-corrected chi connectivity index (χ4v) is 15.0. The summed E-state index contributed by atoms with van der Waals surface area (Å²) in [6.07, 6.45) is 8.86. The lowest BCUT2D eigenvalue weighted by Gasteiger charge is -2.65. The zero-order valence-electron chi connectivity index (χ0n) is 31.5. The van der Waals surface area contributed by atoms with E-state index in [1.54, 1.807) is 0 Å². The molecule has 12 saturated carbocycles. The molecule has 6 atom stereocenters. The van der Waals surface area contributed by atoms with Crippen LogP contribution in [0, 0.1) is 74.9 Å². The average Bonchev–Trinajstić information content (AvgIpc) is 3.14. The van der Waals surface area contributed by atoms with Crippen molar-refractivity contribution in [3.8, 4) is 0 Å². The van der Waals surface area contributed by atoms with E-state index in [9.17, 15) is 41.5 Å². The summed E-state index contributed by atoms with van der Waals surface area (Å²) in [5.41, 5.74) is -3.56. The average molecular weight is 811 g/mol. The molecule has 1 heterocycles. The molecule has 0 aromatic rings. The highest BCUT2D eigenvalue weighted by atomic mass is 32.2. The van der Waals surface area contributed by atoms with E-state index in [4.69, 9.17) is 28.2 Å². The van der Waals surface area contributed by atoms with E-state index in [1.165, 1.54) is 0 Å². The molecule has 16 heteroatoms. The third-order valence-electron chi connectivity index (χ3n) is 16.8. The minimum atomic E-state index is -5.77. The Hall–Kier alpha value is -2.27. The van der Waals surface area contributed by atoms with Gasteiger partial charge in [-0.1, -0.05) is 0 Å². The van der Waals surface area contributed by atoms with Gasteiger partial charge in [0.25, 0.3) is 0 Å². The first-order valence-corrected chi connectivity index (χ1v) is 22.2. The van der Waals surface area contributed by atoms with Crippen molar-refractivity contribution >= 4 is 33.8 Å². The van der Waals surface area contributed by atoms with Crippen molar-refractivity contribution in [1.29, 1.82) is 0 Å². The Morgan fingerprint density at radius 3 is 1.64 bits per heavy atom. The second-order valence-electron chi connectivity index (χ2n) is 20.5. The van der Waals surface area contributed by atoms with Gasteiger partial charge in [0.15, 0.2) is 12.4 Å². The molecule has 13 rings (SSSR count). The smallest absolute Gasteiger partial charge is 0.402 e. The van der Waals surface area contributed by atoms with Crippen LogP contribution < -0.4 is 0 Å². The number of carbonyl (C=O) groups excluding carboxylic acids is 4. The first-order chi connectivity index (χ1) is 26.4. The lowest BCUT2D eigenvalue weighted by Crippen LogP contribution is -2.68. The molecule has 0 radical (unpaired) electrons. The standard InChI is InChI=1S/C40H52F2O13S/c41-39(42,56(48,49)50)20-53-34(47)38-9-23-5-28(14-38)40(29(6-23)15-38)54-18-35(19-55-40,16-51-32(45)36-7-21-1-24(10-36)30(43)25(2-21)11-36)17-52-33(46)37-8-22-3-26(12-37)31(44)27(4-22)13-37/h21-30,43H,1-20H2,(H,48,49,50). The van der Waals surface area contributed by atoms with Crippen LogP contribution >= 0.6 is 0 Å². The second-order valence-corrected chi connectivity index (χ2v) is 22.1. The summed E-state index contributed by atoms with van der Waals surface area (Å²) in [6.45, 7) is -1.96. The minimum Gasteiger partial charge on any atom is -0.464 e. The number of hydrogen-bond donors (Lipinski definition) is 2. The van der Waals surface area contributed by atoms with Gasteiger partial charge in [-0.3, -0.25) is 23.7 Å². The predicted octanol–water partition coefficient (Wildman–Crippen LogP) is 4.24. The van der Waals surface area contributed by atoms with Crippen molar-refractivity contribution in [2.45, 2.75) is 113 Å². The maximum Gasteiger partial charge on any atom is 0.402 e. The van der Waals surface area contributed by atoms with Crippen LogP contribution in [0.25, 0.3) is 0 Å². The Bertz CT molecular complexity index is 1770. The van der Waals surface area contributed by atoms with Crippen molar-refractivity contribution in [3.63, 3.8) is 0 Å². The first kappa shape index (κ1) is 38.0. The van der Waals surface area contributed by atoms with Gasteiger partial charge in [0.05, 0.1) is 41.0 Å². The number of halogens is 2. The van der Waals surface area contributed by atoms with E-state index in [0.717, 1.165) is 32.1 Å². The molecular weight excluding hydrogens is 758 g/mol.